The van der Waals surface area contributed by atoms with Gasteiger partial charge < -0.3 is 5.11 Å². The Morgan fingerprint density at radius 3 is 1.95 bits per heavy atom. The number of halogens is 1. The third-order valence-corrected chi connectivity index (χ3v) is 4.83. The maximum atomic E-state index is 10.8. The summed E-state index contributed by atoms with van der Waals surface area (Å²) < 4.78 is 0.961. The van der Waals surface area contributed by atoms with Crippen molar-refractivity contribution in [1.82, 2.24) is 0 Å². The molecule has 0 heterocycles. The second kappa shape index (κ2) is 5.71. The molecular weight excluding hydrogens is 312 g/mol. The van der Waals surface area contributed by atoms with Gasteiger partial charge in [-0.05, 0) is 79.6 Å². The van der Waals surface area contributed by atoms with Crippen molar-refractivity contribution in [2.75, 3.05) is 0 Å². The molecule has 0 spiro atoms. The summed E-state index contributed by atoms with van der Waals surface area (Å²) in [5.74, 6) is 0. The van der Waals surface area contributed by atoms with E-state index in [2.05, 4.69) is 49.7 Å². The van der Waals surface area contributed by atoms with E-state index in [1.54, 1.807) is 0 Å². The first-order valence-corrected chi connectivity index (χ1v) is 7.63. The van der Waals surface area contributed by atoms with Gasteiger partial charge in [-0.2, -0.15) is 0 Å². The van der Waals surface area contributed by atoms with Crippen LogP contribution in [0.25, 0.3) is 0 Å². The van der Waals surface area contributed by atoms with E-state index in [9.17, 15) is 5.11 Å². The van der Waals surface area contributed by atoms with Crippen LogP contribution in [0.2, 0.25) is 0 Å². The van der Waals surface area contributed by atoms with Gasteiger partial charge in [-0.3, -0.25) is 0 Å². The van der Waals surface area contributed by atoms with E-state index in [1.165, 1.54) is 27.8 Å². The normalized spacial score (nSPS) is 12.6. The van der Waals surface area contributed by atoms with Crippen molar-refractivity contribution >= 4 is 15.9 Å². The quantitative estimate of drug-likeness (QED) is 0.813. The van der Waals surface area contributed by atoms with Gasteiger partial charge in [0, 0.05) is 4.47 Å². The zero-order chi connectivity index (χ0) is 15.0. The average molecular weight is 333 g/mol. The van der Waals surface area contributed by atoms with Crippen LogP contribution in [0.1, 0.15) is 45.0 Å². The fraction of sp³-hybridized carbons (Fsp3) is 0.333. The molecule has 0 aliphatic carbocycles. The Kier molecular flexibility index (Phi) is 4.36. The van der Waals surface area contributed by atoms with Gasteiger partial charge in [0.25, 0.3) is 0 Å². The molecular formula is C18H21BrO. The highest BCUT2D eigenvalue weighted by Gasteiger charge is 2.20. The van der Waals surface area contributed by atoms with Crippen LogP contribution in [0.5, 0.6) is 0 Å². The molecule has 1 unspecified atom stereocenters. The minimum absolute atomic E-state index is 0.594. The third kappa shape index (κ3) is 2.68. The third-order valence-electron chi connectivity index (χ3n) is 4.15. The summed E-state index contributed by atoms with van der Waals surface area (Å²) in [4.78, 5) is 0. The van der Waals surface area contributed by atoms with Crippen LogP contribution in [-0.2, 0) is 0 Å². The van der Waals surface area contributed by atoms with Crippen LogP contribution < -0.4 is 0 Å². The molecule has 106 valence electrons. The molecule has 2 aromatic rings. The van der Waals surface area contributed by atoms with E-state index in [1.807, 2.05) is 25.1 Å². The Labute approximate surface area is 129 Å². The molecule has 2 rings (SSSR count). The smallest absolute Gasteiger partial charge is 0.106 e. The summed E-state index contributed by atoms with van der Waals surface area (Å²) in [7, 11) is 0. The number of hydrogen-bond acceptors (Lipinski definition) is 1. The molecule has 1 N–H and O–H groups in total. The molecule has 1 nitrogen and oxygen atoms in total. The Morgan fingerprint density at radius 2 is 1.45 bits per heavy atom. The maximum absolute atomic E-state index is 10.8. The number of aliphatic hydroxyl groups is 1. The van der Waals surface area contributed by atoms with Crippen molar-refractivity contribution in [2.24, 2.45) is 0 Å². The predicted octanol–water partition coefficient (Wildman–Crippen LogP) is 5.07. The van der Waals surface area contributed by atoms with Crippen LogP contribution in [0.3, 0.4) is 0 Å². The van der Waals surface area contributed by atoms with Gasteiger partial charge in [-0.25, -0.2) is 0 Å². The Morgan fingerprint density at radius 1 is 0.900 bits per heavy atom. The summed E-state index contributed by atoms with van der Waals surface area (Å²) in [5, 5.41) is 10.8. The number of benzene rings is 2. The van der Waals surface area contributed by atoms with Crippen molar-refractivity contribution in [3.8, 4) is 0 Å². The largest absolute Gasteiger partial charge is 0.384 e. The van der Waals surface area contributed by atoms with E-state index in [0.29, 0.717) is 0 Å². The van der Waals surface area contributed by atoms with E-state index >= 15 is 0 Å². The van der Waals surface area contributed by atoms with Crippen LogP contribution in [0.15, 0.2) is 28.7 Å². The van der Waals surface area contributed by atoms with Crippen LogP contribution >= 0.6 is 15.9 Å². The molecule has 0 bridgehead atoms. The second-order valence-corrected chi connectivity index (χ2v) is 6.46. The highest BCUT2D eigenvalue weighted by Crippen LogP contribution is 2.34. The summed E-state index contributed by atoms with van der Waals surface area (Å²) >= 11 is 3.57. The number of rotatable bonds is 2. The molecule has 2 heteroatoms. The Hall–Kier alpha value is -1.12. The fourth-order valence-electron chi connectivity index (χ4n) is 2.67. The summed E-state index contributed by atoms with van der Waals surface area (Å²) in [5.41, 5.74) is 7.94. The number of hydrogen-bond donors (Lipinski definition) is 1. The highest BCUT2D eigenvalue weighted by atomic mass is 79.9. The molecule has 20 heavy (non-hydrogen) atoms. The van der Waals surface area contributed by atoms with Gasteiger partial charge in [0.1, 0.15) is 6.10 Å². The SMILES string of the molecule is Cc1ccc(C(O)c2c(C)c(C)cc(C)c2C)c(Br)c1. The molecule has 1 atom stereocenters. The summed E-state index contributed by atoms with van der Waals surface area (Å²) in [6, 6.07) is 8.27. The van der Waals surface area contributed by atoms with Crippen LogP contribution in [-0.4, -0.2) is 5.11 Å². The van der Waals surface area contributed by atoms with Gasteiger partial charge in [0.05, 0.1) is 0 Å². The standard InChI is InChI=1S/C18H21BrO/c1-10-6-7-15(16(19)8-10)18(20)17-13(4)11(2)9-12(3)14(17)5/h6-9,18,20H,1-5H3. The summed E-state index contributed by atoms with van der Waals surface area (Å²) in [6.07, 6.45) is -0.594. The lowest BCUT2D eigenvalue weighted by Gasteiger charge is -2.21. The van der Waals surface area contributed by atoms with Gasteiger partial charge >= 0.3 is 0 Å². The molecule has 0 fully saturated rings. The van der Waals surface area contributed by atoms with Gasteiger partial charge in [-0.15, -0.1) is 0 Å². The Bertz CT molecular complexity index is 633. The lowest BCUT2D eigenvalue weighted by molar-refractivity contribution is 0.218. The van der Waals surface area contributed by atoms with Gasteiger partial charge in [-0.1, -0.05) is 34.1 Å². The molecule has 0 radical (unpaired) electrons. The zero-order valence-electron chi connectivity index (χ0n) is 12.7. The van der Waals surface area contributed by atoms with Crippen molar-refractivity contribution in [1.29, 1.82) is 0 Å². The molecule has 0 aromatic heterocycles. The lowest BCUT2D eigenvalue weighted by atomic mass is 9.88. The second-order valence-electron chi connectivity index (χ2n) is 5.60. The first-order chi connectivity index (χ1) is 9.32. The molecule has 0 aliphatic heterocycles. The number of aryl methyl sites for hydroxylation is 3. The zero-order valence-corrected chi connectivity index (χ0v) is 14.3. The minimum atomic E-state index is -0.594. The van der Waals surface area contributed by atoms with E-state index < -0.39 is 6.10 Å². The van der Waals surface area contributed by atoms with Crippen LogP contribution in [0, 0.1) is 34.6 Å². The lowest BCUT2D eigenvalue weighted by Crippen LogP contribution is -2.08. The van der Waals surface area contributed by atoms with Gasteiger partial charge in [0.15, 0.2) is 0 Å². The van der Waals surface area contributed by atoms with E-state index in [-0.39, 0.29) is 0 Å². The van der Waals surface area contributed by atoms with Crippen LogP contribution in [0.4, 0.5) is 0 Å². The van der Waals surface area contributed by atoms with Crippen molar-refractivity contribution in [3.63, 3.8) is 0 Å². The molecule has 0 saturated heterocycles. The predicted molar refractivity (Wildman–Crippen MR) is 88.3 cm³/mol. The molecule has 0 saturated carbocycles. The maximum Gasteiger partial charge on any atom is 0.106 e. The first kappa shape index (κ1) is 15.3. The number of aliphatic hydroxyl groups excluding tert-OH is 1. The van der Waals surface area contributed by atoms with E-state index in [4.69, 9.17) is 0 Å². The first-order valence-electron chi connectivity index (χ1n) is 6.84. The molecule has 0 amide bonds. The highest BCUT2D eigenvalue weighted by molar-refractivity contribution is 9.10. The van der Waals surface area contributed by atoms with Crippen molar-refractivity contribution in [3.05, 3.63) is 67.7 Å². The molecule has 2 aromatic carbocycles. The van der Waals surface area contributed by atoms with Gasteiger partial charge in [0.2, 0.25) is 0 Å². The topological polar surface area (TPSA) is 20.2 Å². The molecule has 0 aliphatic rings. The Balaban J connectivity index is 2.62. The summed E-state index contributed by atoms with van der Waals surface area (Å²) in [6.45, 7) is 10.4. The fourth-order valence-corrected chi connectivity index (χ4v) is 3.38. The monoisotopic (exact) mass is 332 g/mol. The van der Waals surface area contributed by atoms with Crippen molar-refractivity contribution in [2.45, 2.75) is 40.7 Å². The van der Waals surface area contributed by atoms with Crippen molar-refractivity contribution < 1.29 is 5.11 Å². The average Bonchev–Trinajstić information content (AvgIpc) is 2.36. The van der Waals surface area contributed by atoms with E-state index in [0.717, 1.165) is 15.6 Å². The minimum Gasteiger partial charge on any atom is -0.384 e.